The monoisotopic (exact) mass is 205 g/mol. The van der Waals surface area contributed by atoms with Gasteiger partial charge in [0.25, 0.3) is 0 Å². The van der Waals surface area contributed by atoms with Crippen LogP contribution in [0.15, 0.2) is 12.1 Å². The van der Waals surface area contributed by atoms with Crippen LogP contribution in [0.2, 0.25) is 0 Å². The Kier molecular flexibility index (Phi) is 1.40. The van der Waals surface area contributed by atoms with Crippen molar-refractivity contribution < 1.29 is 14.0 Å². The number of halogens is 1. The van der Waals surface area contributed by atoms with Crippen LogP contribution in [0.25, 0.3) is 0 Å². The van der Waals surface area contributed by atoms with Crippen molar-refractivity contribution in [3.05, 3.63) is 29.1 Å². The minimum absolute atomic E-state index is 0.139. The van der Waals surface area contributed by atoms with Gasteiger partial charge in [0, 0.05) is 5.56 Å². The molecular formula is C11H8FNO2. The summed E-state index contributed by atoms with van der Waals surface area (Å²) in [6.45, 7) is 0. The third-order valence-corrected chi connectivity index (χ3v) is 3.19. The zero-order valence-electron chi connectivity index (χ0n) is 7.84. The molecule has 3 rings (SSSR count). The number of benzene rings is 1. The lowest BCUT2D eigenvalue weighted by molar-refractivity contribution is -0.117. The largest absolute Gasteiger partial charge is 0.323 e. The average molecular weight is 205 g/mol. The average Bonchev–Trinajstić information content (AvgIpc) is 2.96. The summed E-state index contributed by atoms with van der Waals surface area (Å²) in [6, 6.07) is 2.75. The summed E-state index contributed by atoms with van der Waals surface area (Å²) in [7, 11) is 0. The van der Waals surface area contributed by atoms with Crippen molar-refractivity contribution in [2.45, 2.75) is 18.3 Å². The Hall–Kier alpha value is -1.71. The molecule has 4 heteroatoms. The lowest BCUT2D eigenvalue weighted by atomic mass is 9.96. The second-order valence-electron chi connectivity index (χ2n) is 4.08. The number of anilines is 1. The van der Waals surface area contributed by atoms with Crippen LogP contribution >= 0.6 is 0 Å². The van der Waals surface area contributed by atoms with Gasteiger partial charge in [-0.15, -0.1) is 0 Å². The number of aldehydes is 1. The first-order valence-corrected chi connectivity index (χ1v) is 4.78. The quantitative estimate of drug-likeness (QED) is 0.708. The van der Waals surface area contributed by atoms with E-state index in [1.165, 1.54) is 0 Å². The molecule has 1 aliphatic heterocycles. The maximum Gasteiger partial charge on any atom is 0.235 e. The fraction of sp³-hybridized carbons (Fsp3) is 0.273. The van der Waals surface area contributed by atoms with Gasteiger partial charge in [-0.05, 0) is 30.5 Å². The highest BCUT2D eigenvalue weighted by Gasteiger charge is 2.56. The number of fused-ring (bicyclic) bond motifs is 2. The van der Waals surface area contributed by atoms with Crippen LogP contribution in [0, 0.1) is 5.82 Å². The molecule has 1 saturated carbocycles. The van der Waals surface area contributed by atoms with E-state index in [1.807, 2.05) is 0 Å². The topological polar surface area (TPSA) is 46.2 Å². The number of carbonyl (C=O) groups excluding carboxylic acids is 2. The molecule has 1 aromatic carbocycles. The minimum Gasteiger partial charge on any atom is -0.323 e. The van der Waals surface area contributed by atoms with Gasteiger partial charge in [0.15, 0.2) is 0 Å². The fourth-order valence-electron chi connectivity index (χ4n) is 2.18. The van der Waals surface area contributed by atoms with Crippen molar-refractivity contribution in [2.75, 3.05) is 5.32 Å². The van der Waals surface area contributed by atoms with Gasteiger partial charge < -0.3 is 5.32 Å². The number of hydrogen-bond acceptors (Lipinski definition) is 2. The Balaban J connectivity index is 2.26. The SMILES string of the molecule is O=Cc1cc(F)c2c(c1)C1(CC1)C(=O)N2. The number of rotatable bonds is 1. The second kappa shape index (κ2) is 2.45. The summed E-state index contributed by atoms with van der Waals surface area (Å²) < 4.78 is 13.5. The third kappa shape index (κ3) is 0.936. The highest BCUT2D eigenvalue weighted by atomic mass is 19.1. The molecule has 0 saturated heterocycles. The van der Waals surface area contributed by atoms with Gasteiger partial charge in [0.1, 0.15) is 12.1 Å². The maximum atomic E-state index is 13.5. The maximum absolute atomic E-state index is 13.5. The van der Waals surface area contributed by atoms with E-state index in [1.54, 1.807) is 6.07 Å². The molecule has 0 aromatic heterocycles. The Morgan fingerprint density at radius 1 is 1.40 bits per heavy atom. The van der Waals surface area contributed by atoms with Gasteiger partial charge >= 0.3 is 0 Å². The van der Waals surface area contributed by atoms with Gasteiger partial charge in [0.2, 0.25) is 5.91 Å². The predicted octanol–water partition coefficient (Wildman–Crippen LogP) is 1.62. The van der Waals surface area contributed by atoms with E-state index >= 15 is 0 Å². The zero-order chi connectivity index (χ0) is 10.6. The standard InChI is InChI=1S/C11H8FNO2/c12-8-4-6(5-14)3-7-9(8)13-10(15)11(7)1-2-11/h3-5H,1-2H2,(H,13,15). The zero-order valence-corrected chi connectivity index (χ0v) is 7.84. The van der Waals surface area contributed by atoms with Gasteiger partial charge in [-0.1, -0.05) is 0 Å². The summed E-state index contributed by atoms with van der Waals surface area (Å²) in [5, 5.41) is 2.54. The smallest absolute Gasteiger partial charge is 0.235 e. The van der Waals surface area contributed by atoms with Crippen LogP contribution in [-0.2, 0) is 10.2 Å². The normalized spacial score (nSPS) is 19.9. The Labute approximate surface area is 85.3 Å². The number of hydrogen-bond donors (Lipinski definition) is 1. The van der Waals surface area contributed by atoms with Crippen LogP contribution in [0.5, 0.6) is 0 Å². The number of nitrogens with one attached hydrogen (secondary N) is 1. The fourth-order valence-corrected chi connectivity index (χ4v) is 2.18. The van der Waals surface area contributed by atoms with Crippen molar-refractivity contribution in [3.8, 4) is 0 Å². The molecule has 0 radical (unpaired) electrons. The predicted molar refractivity (Wildman–Crippen MR) is 51.3 cm³/mol. The van der Waals surface area contributed by atoms with Gasteiger partial charge in [-0.3, -0.25) is 9.59 Å². The lowest BCUT2D eigenvalue weighted by Gasteiger charge is -2.04. The summed E-state index contributed by atoms with van der Waals surface area (Å²) in [5.74, 6) is -0.661. The number of carbonyl (C=O) groups is 2. The van der Waals surface area contributed by atoms with Gasteiger partial charge in [-0.2, -0.15) is 0 Å². The Bertz CT molecular complexity index is 492. The molecule has 1 amide bonds. The molecule has 2 aliphatic rings. The first kappa shape index (κ1) is 8.59. The van der Waals surface area contributed by atoms with Crippen molar-refractivity contribution >= 4 is 17.9 Å². The first-order valence-electron chi connectivity index (χ1n) is 4.78. The third-order valence-electron chi connectivity index (χ3n) is 3.19. The van der Waals surface area contributed by atoms with Crippen LogP contribution in [-0.4, -0.2) is 12.2 Å². The molecule has 1 fully saturated rings. The Morgan fingerprint density at radius 2 is 2.13 bits per heavy atom. The van der Waals surface area contributed by atoms with Gasteiger partial charge in [0.05, 0.1) is 11.1 Å². The highest BCUT2D eigenvalue weighted by Crippen LogP contribution is 2.55. The molecule has 0 atom stereocenters. The summed E-state index contributed by atoms with van der Waals surface area (Å²) >= 11 is 0. The summed E-state index contributed by atoms with van der Waals surface area (Å²) in [5.41, 5.74) is 0.654. The van der Waals surface area contributed by atoms with Crippen LogP contribution in [0.3, 0.4) is 0 Å². The molecule has 15 heavy (non-hydrogen) atoms. The first-order chi connectivity index (χ1) is 7.17. The van der Waals surface area contributed by atoms with E-state index in [-0.39, 0.29) is 17.2 Å². The molecule has 1 heterocycles. The van der Waals surface area contributed by atoms with E-state index in [0.717, 1.165) is 18.9 Å². The molecular weight excluding hydrogens is 197 g/mol. The molecule has 1 aromatic rings. The second-order valence-corrected chi connectivity index (χ2v) is 4.08. The van der Waals surface area contributed by atoms with E-state index in [0.29, 0.717) is 11.8 Å². The summed E-state index contributed by atoms with van der Waals surface area (Å²) in [6.07, 6.45) is 2.09. The van der Waals surface area contributed by atoms with Crippen LogP contribution in [0.1, 0.15) is 28.8 Å². The molecule has 1 N–H and O–H groups in total. The van der Waals surface area contributed by atoms with Crippen molar-refractivity contribution in [1.29, 1.82) is 0 Å². The molecule has 1 aliphatic carbocycles. The van der Waals surface area contributed by atoms with E-state index in [2.05, 4.69) is 5.32 Å². The van der Waals surface area contributed by atoms with Gasteiger partial charge in [-0.25, -0.2) is 4.39 Å². The van der Waals surface area contributed by atoms with Crippen molar-refractivity contribution in [3.63, 3.8) is 0 Å². The van der Waals surface area contributed by atoms with Crippen molar-refractivity contribution in [1.82, 2.24) is 0 Å². The number of amides is 1. The van der Waals surface area contributed by atoms with E-state index < -0.39 is 11.2 Å². The molecule has 0 unspecified atom stereocenters. The molecule has 76 valence electrons. The van der Waals surface area contributed by atoms with Crippen molar-refractivity contribution in [2.24, 2.45) is 0 Å². The van der Waals surface area contributed by atoms with Crippen LogP contribution in [0.4, 0.5) is 10.1 Å². The summed E-state index contributed by atoms with van der Waals surface area (Å²) in [4.78, 5) is 22.2. The Morgan fingerprint density at radius 3 is 2.73 bits per heavy atom. The molecule has 3 nitrogen and oxygen atoms in total. The van der Waals surface area contributed by atoms with E-state index in [9.17, 15) is 14.0 Å². The molecule has 1 spiro atoms. The molecule has 0 bridgehead atoms. The minimum atomic E-state index is -0.533. The van der Waals surface area contributed by atoms with Crippen LogP contribution < -0.4 is 5.32 Å². The van der Waals surface area contributed by atoms with E-state index in [4.69, 9.17) is 0 Å². The highest BCUT2D eigenvalue weighted by molar-refractivity contribution is 6.08. The lowest BCUT2D eigenvalue weighted by Crippen LogP contribution is -2.18.